The van der Waals surface area contributed by atoms with Gasteiger partial charge >= 0.3 is 0 Å². The van der Waals surface area contributed by atoms with Crippen LogP contribution in [0.5, 0.6) is 11.5 Å². The Bertz CT molecular complexity index is 1400. The summed E-state index contributed by atoms with van der Waals surface area (Å²) in [6.07, 6.45) is 3.71. The molecule has 1 saturated carbocycles. The maximum Gasteiger partial charge on any atom is 0.272 e. The Morgan fingerprint density at radius 2 is 1.66 bits per heavy atom. The molecule has 1 aliphatic carbocycles. The van der Waals surface area contributed by atoms with E-state index >= 15 is 0 Å². The van der Waals surface area contributed by atoms with E-state index in [-0.39, 0.29) is 18.4 Å². The molecule has 3 aliphatic rings. The van der Waals surface area contributed by atoms with Crippen LogP contribution in [0.25, 0.3) is 0 Å². The Hall–Kier alpha value is -3.50. The van der Waals surface area contributed by atoms with Crippen LogP contribution < -0.4 is 9.47 Å². The van der Waals surface area contributed by atoms with Gasteiger partial charge in [-0.05, 0) is 72.3 Å². The molecule has 234 valence electrons. The van der Waals surface area contributed by atoms with Gasteiger partial charge in [-0.3, -0.25) is 14.7 Å². The number of amides is 1. The van der Waals surface area contributed by atoms with Gasteiger partial charge in [-0.15, -0.1) is 0 Å². The highest BCUT2D eigenvalue weighted by atomic mass is 16.5. The average Bonchev–Trinajstić information content (AvgIpc) is 3.87. The molecule has 0 spiro atoms. The molecule has 3 fully saturated rings. The molecule has 3 aromatic rings. The van der Waals surface area contributed by atoms with Crippen molar-refractivity contribution in [3.63, 3.8) is 0 Å². The molecule has 1 N–H and O–H groups in total. The maximum atomic E-state index is 13.2. The van der Waals surface area contributed by atoms with Crippen LogP contribution in [-0.2, 0) is 18.0 Å². The van der Waals surface area contributed by atoms with Crippen LogP contribution >= 0.6 is 0 Å². The van der Waals surface area contributed by atoms with Crippen LogP contribution in [0.3, 0.4) is 0 Å². The molecule has 44 heavy (non-hydrogen) atoms. The Labute approximate surface area is 260 Å². The monoisotopic (exact) mass is 600 g/mol. The van der Waals surface area contributed by atoms with Gasteiger partial charge in [0.05, 0.1) is 26.4 Å². The van der Waals surface area contributed by atoms with Crippen molar-refractivity contribution in [3.8, 4) is 11.5 Å². The van der Waals surface area contributed by atoms with E-state index in [0.717, 1.165) is 48.8 Å². The number of likely N-dealkylation sites (N-methyl/N-ethyl adjacent to an activating group) is 1. The highest BCUT2D eigenvalue weighted by molar-refractivity contribution is 5.93. The van der Waals surface area contributed by atoms with Gasteiger partial charge in [-0.2, -0.15) is 0 Å². The van der Waals surface area contributed by atoms with Crippen molar-refractivity contribution in [1.82, 2.24) is 19.7 Å². The van der Waals surface area contributed by atoms with Crippen molar-refractivity contribution < 1.29 is 24.1 Å². The summed E-state index contributed by atoms with van der Waals surface area (Å²) in [5.41, 5.74) is 4.96. The summed E-state index contributed by atoms with van der Waals surface area (Å²) >= 11 is 0. The highest BCUT2D eigenvalue weighted by Gasteiger charge is 2.33. The predicted octanol–water partition coefficient (Wildman–Crippen LogP) is 3.91. The summed E-state index contributed by atoms with van der Waals surface area (Å²) in [6, 6.07) is 18.4. The molecule has 9 heteroatoms. The zero-order valence-corrected chi connectivity index (χ0v) is 25.9. The van der Waals surface area contributed by atoms with Gasteiger partial charge in [0, 0.05) is 57.9 Å². The molecule has 1 unspecified atom stereocenters. The molecule has 0 radical (unpaired) electrons. The zero-order valence-electron chi connectivity index (χ0n) is 25.9. The summed E-state index contributed by atoms with van der Waals surface area (Å²) < 4.78 is 17.5. The van der Waals surface area contributed by atoms with E-state index < -0.39 is 6.10 Å². The molecule has 2 aliphatic heterocycles. The van der Waals surface area contributed by atoms with Crippen LogP contribution in [0.1, 0.15) is 57.4 Å². The van der Waals surface area contributed by atoms with Gasteiger partial charge < -0.3 is 29.1 Å². The summed E-state index contributed by atoms with van der Waals surface area (Å²) in [7, 11) is 3.77. The van der Waals surface area contributed by atoms with Crippen molar-refractivity contribution in [2.75, 3.05) is 66.6 Å². The number of nitrogens with zero attached hydrogens (tertiary/aromatic N) is 4. The van der Waals surface area contributed by atoms with Crippen molar-refractivity contribution in [3.05, 3.63) is 88.7 Å². The van der Waals surface area contributed by atoms with Crippen LogP contribution in [-0.4, -0.2) is 103 Å². The number of pyridine rings is 1. The second-order valence-electron chi connectivity index (χ2n) is 12.4. The largest absolute Gasteiger partial charge is 0.493 e. The van der Waals surface area contributed by atoms with Gasteiger partial charge in [0.2, 0.25) is 0 Å². The topological polar surface area (TPSA) is 87.6 Å². The summed E-state index contributed by atoms with van der Waals surface area (Å²) in [4.78, 5) is 23.9. The van der Waals surface area contributed by atoms with Crippen LogP contribution in [0.2, 0.25) is 0 Å². The van der Waals surface area contributed by atoms with Gasteiger partial charge in [0.15, 0.2) is 11.5 Å². The molecule has 2 aromatic carbocycles. The van der Waals surface area contributed by atoms with E-state index in [1.165, 1.54) is 18.4 Å². The lowest BCUT2D eigenvalue weighted by molar-refractivity contribution is 0.00292. The molecular weight excluding hydrogens is 556 g/mol. The number of carbonyl (C=O) groups is 1. The van der Waals surface area contributed by atoms with Crippen molar-refractivity contribution in [2.24, 2.45) is 0 Å². The number of aromatic nitrogens is 1. The zero-order chi connectivity index (χ0) is 30.5. The smallest absolute Gasteiger partial charge is 0.272 e. The third-order valence-corrected chi connectivity index (χ3v) is 8.94. The minimum absolute atomic E-state index is 0.0853. The molecule has 6 rings (SSSR count). The average molecular weight is 601 g/mol. The molecule has 2 saturated heterocycles. The minimum Gasteiger partial charge on any atom is -0.493 e. The number of carbonyl (C=O) groups excluding carboxylic acids is 1. The number of benzene rings is 2. The Kier molecular flexibility index (Phi) is 9.76. The molecule has 9 nitrogen and oxygen atoms in total. The van der Waals surface area contributed by atoms with Crippen molar-refractivity contribution >= 4 is 5.91 Å². The number of piperazine rings is 1. The summed E-state index contributed by atoms with van der Waals surface area (Å²) in [5, 5.41) is 10.4. The van der Waals surface area contributed by atoms with E-state index in [9.17, 15) is 9.90 Å². The number of aliphatic hydroxyl groups excluding tert-OH is 1. The number of methoxy groups -OCH3 is 1. The lowest BCUT2D eigenvalue weighted by atomic mass is 9.91. The Morgan fingerprint density at radius 3 is 2.39 bits per heavy atom. The van der Waals surface area contributed by atoms with E-state index in [4.69, 9.17) is 14.2 Å². The first-order valence-electron chi connectivity index (χ1n) is 15.8. The first-order chi connectivity index (χ1) is 21.4. The number of hydrogen-bond donors (Lipinski definition) is 1. The van der Waals surface area contributed by atoms with Gasteiger partial charge in [-0.25, -0.2) is 0 Å². The molecule has 0 bridgehead atoms. The SMILES string of the molecule is COc1cc(C2CN(C(=O)c3cc(COCC(O)CN4CCN(C)CC4)ccn3)C2)ccc1OCc1ccc(C2CC2)cc1. The lowest BCUT2D eigenvalue weighted by Gasteiger charge is -2.39. The third kappa shape index (κ3) is 7.77. The first kappa shape index (κ1) is 30.5. The van der Waals surface area contributed by atoms with E-state index in [1.54, 1.807) is 19.4 Å². The second-order valence-corrected chi connectivity index (χ2v) is 12.4. The second kappa shape index (κ2) is 14.1. The molecule has 3 heterocycles. The predicted molar refractivity (Wildman–Crippen MR) is 168 cm³/mol. The van der Waals surface area contributed by atoms with Gasteiger partial charge in [-0.1, -0.05) is 30.3 Å². The number of ether oxygens (including phenoxy) is 3. The van der Waals surface area contributed by atoms with Crippen LogP contribution in [0.15, 0.2) is 60.8 Å². The van der Waals surface area contributed by atoms with Gasteiger partial charge in [0.1, 0.15) is 12.3 Å². The fourth-order valence-corrected chi connectivity index (χ4v) is 5.91. The number of rotatable bonds is 13. The summed E-state index contributed by atoms with van der Waals surface area (Å²) in [5.74, 6) is 2.30. The molecular formula is C35H44N4O5. The third-order valence-electron chi connectivity index (χ3n) is 8.94. The molecule has 1 aromatic heterocycles. The Balaban J connectivity index is 0.956. The summed E-state index contributed by atoms with van der Waals surface area (Å²) in [6.45, 7) is 6.88. The van der Waals surface area contributed by atoms with Crippen molar-refractivity contribution in [1.29, 1.82) is 0 Å². The first-order valence-corrected chi connectivity index (χ1v) is 15.8. The highest BCUT2D eigenvalue weighted by Crippen LogP contribution is 2.40. The fourth-order valence-electron chi connectivity index (χ4n) is 5.91. The van der Waals surface area contributed by atoms with Crippen LogP contribution in [0, 0.1) is 0 Å². The van der Waals surface area contributed by atoms with E-state index in [2.05, 4.69) is 52.2 Å². The quantitative estimate of drug-likeness (QED) is 0.316. The lowest BCUT2D eigenvalue weighted by Crippen LogP contribution is -2.48. The number of hydrogen-bond acceptors (Lipinski definition) is 8. The van der Waals surface area contributed by atoms with E-state index in [1.807, 2.05) is 23.1 Å². The normalized spacial score (nSPS) is 18.6. The van der Waals surface area contributed by atoms with Crippen molar-refractivity contribution in [2.45, 2.75) is 44.0 Å². The number of aliphatic hydroxyl groups is 1. The number of β-amino-alcohol motifs (C(OH)–C–C–N with tert-alkyl or cyclic N) is 1. The molecule has 1 atom stereocenters. The van der Waals surface area contributed by atoms with Crippen LogP contribution in [0.4, 0.5) is 0 Å². The van der Waals surface area contributed by atoms with E-state index in [0.29, 0.717) is 50.0 Å². The Morgan fingerprint density at radius 1 is 0.909 bits per heavy atom. The number of likely N-dealkylation sites (tertiary alicyclic amines) is 1. The minimum atomic E-state index is -0.539. The fraction of sp³-hybridized carbons (Fsp3) is 0.486. The van der Waals surface area contributed by atoms with Gasteiger partial charge in [0.25, 0.3) is 5.91 Å². The molecule has 1 amide bonds. The standard InChI is InChI=1S/C35H44N4O5/c1-37-13-15-38(16-14-37)21-31(40)24-43-22-26-11-12-36-32(17-26)35(41)39-19-30(20-39)29-9-10-33(34(18-29)42-2)44-23-25-3-5-27(6-4-25)28-7-8-28/h3-6,9-12,17-18,28,30-31,40H,7-8,13-16,19-24H2,1-2H3. The maximum absolute atomic E-state index is 13.2.